The molecule has 2 aromatic rings. The highest BCUT2D eigenvalue weighted by Crippen LogP contribution is 2.41. The molecule has 1 saturated heterocycles. The van der Waals surface area contributed by atoms with Crippen molar-refractivity contribution in [2.24, 2.45) is 7.05 Å². The molecule has 10 heteroatoms. The van der Waals surface area contributed by atoms with Crippen molar-refractivity contribution in [1.82, 2.24) is 30.1 Å². The van der Waals surface area contributed by atoms with Crippen molar-refractivity contribution < 1.29 is 18.1 Å². The maximum absolute atomic E-state index is 13.9. The number of likely N-dealkylation sites (tertiary alicyclic amines) is 1. The molecule has 0 bridgehead atoms. The first-order valence-corrected chi connectivity index (χ1v) is 7.46. The Morgan fingerprint density at radius 3 is 2.92 bits per heavy atom. The van der Waals surface area contributed by atoms with Crippen LogP contribution in [0.15, 0.2) is 10.6 Å². The lowest BCUT2D eigenvalue weighted by Crippen LogP contribution is -2.27. The Kier molecular flexibility index (Phi) is 4.08. The zero-order valence-electron chi connectivity index (χ0n) is 13.6. The number of carbonyl (C=O) groups excluding carboxylic acids is 1. The van der Waals surface area contributed by atoms with E-state index in [1.54, 1.807) is 16.6 Å². The average Bonchev–Trinajstić information content (AvgIpc) is 3.17. The zero-order chi connectivity index (χ0) is 17.5. The number of alkyl halides is 2. The molecule has 1 N–H and O–H groups in total. The van der Waals surface area contributed by atoms with E-state index in [0.29, 0.717) is 0 Å². The summed E-state index contributed by atoms with van der Waals surface area (Å²) in [6.07, 6.45) is -0.431. The van der Waals surface area contributed by atoms with Crippen LogP contribution in [0.5, 0.6) is 0 Å². The summed E-state index contributed by atoms with van der Waals surface area (Å²) in [5.74, 6) is -3.53. The molecule has 0 aromatic carbocycles. The largest absolute Gasteiger partial charge is 0.352 e. The molecular formula is C14H18F2N6O2. The SMILES string of the molecule is CNC(=O)c1noc([C@@H]2CC(F)(F)CN2Cc2cc(C)nn2C)n1. The van der Waals surface area contributed by atoms with E-state index in [-0.39, 0.29) is 18.3 Å². The van der Waals surface area contributed by atoms with Crippen LogP contribution in [0.2, 0.25) is 0 Å². The summed E-state index contributed by atoms with van der Waals surface area (Å²) < 4.78 is 34.6. The van der Waals surface area contributed by atoms with E-state index in [9.17, 15) is 13.6 Å². The van der Waals surface area contributed by atoms with E-state index in [1.807, 2.05) is 13.0 Å². The maximum atomic E-state index is 13.9. The van der Waals surface area contributed by atoms with E-state index in [2.05, 4.69) is 20.6 Å². The predicted molar refractivity (Wildman–Crippen MR) is 78.3 cm³/mol. The molecule has 8 nitrogen and oxygen atoms in total. The van der Waals surface area contributed by atoms with Gasteiger partial charge in [0.2, 0.25) is 5.89 Å². The van der Waals surface area contributed by atoms with Crippen molar-refractivity contribution in [3.05, 3.63) is 29.2 Å². The van der Waals surface area contributed by atoms with Crippen molar-refractivity contribution in [2.45, 2.75) is 31.9 Å². The number of hydrogen-bond donors (Lipinski definition) is 1. The summed E-state index contributed by atoms with van der Waals surface area (Å²) in [6, 6.07) is 1.10. The third kappa shape index (κ3) is 3.14. The minimum Gasteiger partial charge on any atom is -0.352 e. The summed E-state index contributed by atoms with van der Waals surface area (Å²) >= 11 is 0. The van der Waals surface area contributed by atoms with Crippen LogP contribution in [0.3, 0.4) is 0 Å². The number of aromatic nitrogens is 4. The van der Waals surface area contributed by atoms with E-state index in [0.717, 1.165) is 11.4 Å². The van der Waals surface area contributed by atoms with E-state index < -0.39 is 30.8 Å². The van der Waals surface area contributed by atoms with Gasteiger partial charge < -0.3 is 9.84 Å². The van der Waals surface area contributed by atoms with Crippen molar-refractivity contribution in [2.75, 3.05) is 13.6 Å². The van der Waals surface area contributed by atoms with Crippen LogP contribution in [0.4, 0.5) is 8.78 Å². The van der Waals surface area contributed by atoms with Gasteiger partial charge in [0.1, 0.15) is 0 Å². The lowest BCUT2D eigenvalue weighted by molar-refractivity contribution is 0.0110. The van der Waals surface area contributed by atoms with Crippen LogP contribution in [-0.2, 0) is 13.6 Å². The first-order chi connectivity index (χ1) is 11.3. The number of rotatable bonds is 4. The normalized spacial score (nSPS) is 20.5. The van der Waals surface area contributed by atoms with Crippen molar-refractivity contribution in [3.63, 3.8) is 0 Å². The summed E-state index contributed by atoms with van der Waals surface area (Å²) in [4.78, 5) is 17.0. The van der Waals surface area contributed by atoms with Crippen LogP contribution in [-0.4, -0.2) is 50.2 Å². The summed E-state index contributed by atoms with van der Waals surface area (Å²) in [6.45, 7) is 1.70. The van der Waals surface area contributed by atoms with Crippen LogP contribution in [0, 0.1) is 6.92 Å². The van der Waals surface area contributed by atoms with Gasteiger partial charge in [0.15, 0.2) is 0 Å². The minimum atomic E-state index is -2.86. The molecule has 3 rings (SSSR count). The molecule has 1 aliphatic heterocycles. The molecule has 1 aliphatic rings. The van der Waals surface area contributed by atoms with Crippen LogP contribution < -0.4 is 5.32 Å². The zero-order valence-corrected chi connectivity index (χ0v) is 13.6. The molecule has 24 heavy (non-hydrogen) atoms. The van der Waals surface area contributed by atoms with E-state index in [4.69, 9.17) is 4.52 Å². The van der Waals surface area contributed by atoms with E-state index in [1.165, 1.54) is 7.05 Å². The summed E-state index contributed by atoms with van der Waals surface area (Å²) in [5, 5.41) is 10.1. The number of amides is 1. The number of halogens is 2. The molecule has 1 fully saturated rings. The molecule has 0 radical (unpaired) electrons. The minimum absolute atomic E-state index is 0.0182. The van der Waals surface area contributed by atoms with Gasteiger partial charge in [0.25, 0.3) is 17.7 Å². The molecule has 130 valence electrons. The van der Waals surface area contributed by atoms with Gasteiger partial charge in [-0.3, -0.25) is 14.4 Å². The van der Waals surface area contributed by atoms with Gasteiger partial charge >= 0.3 is 0 Å². The monoisotopic (exact) mass is 340 g/mol. The number of hydrogen-bond acceptors (Lipinski definition) is 6. The first kappa shape index (κ1) is 16.5. The summed E-state index contributed by atoms with van der Waals surface area (Å²) in [5.41, 5.74) is 1.62. The fourth-order valence-electron chi connectivity index (χ4n) is 2.89. The Bertz CT molecular complexity index is 756. The predicted octanol–water partition coefficient (Wildman–Crippen LogP) is 1.05. The molecule has 1 amide bonds. The Morgan fingerprint density at radius 1 is 1.54 bits per heavy atom. The maximum Gasteiger partial charge on any atom is 0.292 e. The lowest BCUT2D eigenvalue weighted by Gasteiger charge is -2.20. The van der Waals surface area contributed by atoms with Gasteiger partial charge in [-0.1, -0.05) is 5.16 Å². The highest BCUT2D eigenvalue weighted by Gasteiger charge is 2.48. The fourth-order valence-corrected chi connectivity index (χ4v) is 2.89. The molecule has 0 spiro atoms. The Labute approximate surface area is 136 Å². The van der Waals surface area contributed by atoms with Gasteiger partial charge in [-0.15, -0.1) is 0 Å². The fraction of sp³-hybridized carbons (Fsp3) is 0.571. The molecule has 0 unspecified atom stereocenters. The topological polar surface area (TPSA) is 89.1 Å². The van der Waals surface area contributed by atoms with Crippen molar-refractivity contribution in [1.29, 1.82) is 0 Å². The summed E-state index contributed by atoms with van der Waals surface area (Å²) in [7, 11) is 3.20. The van der Waals surface area contributed by atoms with Gasteiger partial charge in [-0.05, 0) is 13.0 Å². The number of nitrogens with one attached hydrogen (secondary N) is 1. The molecule has 3 heterocycles. The third-order valence-corrected chi connectivity index (χ3v) is 3.99. The number of nitrogens with zero attached hydrogens (tertiary/aromatic N) is 5. The lowest BCUT2D eigenvalue weighted by atomic mass is 10.2. The number of aryl methyl sites for hydroxylation is 2. The smallest absolute Gasteiger partial charge is 0.292 e. The Hall–Kier alpha value is -2.36. The number of carbonyl (C=O) groups is 1. The quantitative estimate of drug-likeness (QED) is 0.895. The average molecular weight is 340 g/mol. The second kappa shape index (κ2) is 5.93. The standard InChI is InChI=1S/C14H18F2N6O2/c1-8-4-9(21(3)19-8)6-22-7-14(15,16)5-10(22)13-18-11(20-24-13)12(23)17-2/h4,10H,5-7H2,1-3H3,(H,17,23)/t10-/m0/s1. The second-order valence-electron chi connectivity index (χ2n) is 5.92. The van der Waals surface area contributed by atoms with E-state index >= 15 is 0 Å². The first-order valence-electron chi connectivity index (χ1n) is 7.46. The van der Waals surface area contributed by atoms with Crippen LogP contribution >= 0.6 is 0 Å². The van der Waals surface area contributed by atoms with Crippen LogP contribution in [0.25, 0.3) is 0 Å². The molecule has 1 atom stereocenters. The Morgan fingerprint density at radius 2 is 2.29 bits per heavy atom. The van der Waals surface area contributed by atoms with Crippen molar-refractivity contribution >= 4 is 5.91 Å². The molecule has 0 saturated carbocycles. The molecular weight excluding hydrogens is 322 g/mol. The molecule has 0 aliphatic carbocycles. The molecule has 2 aromatic heterocycles. The third-order valence-electron chi connectivity index (χ3n) is 3.99. The van der Waals surface area contributed by atoms with Crippen LogP contribution in [0.1, 0.15) is 40.4 Å². The Balaban J connectivity index is 1.85. The highest BCUT2D eigenvalue weighted by molar-refractivity contribution is 5.89. The highest BCUT2D eigenvalue weighted by atomic mass is 19.3. The van der Waals surface area contributed by atoms with Gasteiger partial charge in [0, 0.05) is 27.1 Å². The second-order valence-corrected chi connectivity index (χ2v) is 5.92. The van der Waals surface area contributed by atoms with Crippen molar-refractivity contribution in [3.8, 4) is 0 Å². The van der Waals surface area contributed by atoms with Gasteiger partial charge in [0.05, 0.1) is 24.0 Å². The van der Waals surface area contributed by atoms with Gasteiger partial charge in [-0.2, -0.15) is 10.1 Å². The van der Waals surface area contributed by atoms with Gasteiger partial charge in [-0.25, -0.2) is 8.78 Å².